The van der Waals surface area contributed by atoms with Crippen molar-refractivity contribution in [1.82, 2.24) is 4.98 Å². The first-order chi connectivity index (χ1) is 20.9. The fraction of sp³-hybridized carbons (Fsp3) is 0.242. The predicted octanol–water partition coefficient (Wildman–Crippen LogP) is 7.41. The van der Waals surface area contributed by atoms with Crippen molar-refractivity contribution < 1.29 is 33.3 Å². The molecular formula is C33H30N2O7S. The number of para-hydroxylation sites is 1. The second-order valence-corrected chi connectivity index (χ2v) is 11.0. The Morgan fingerprint density at radius 1 is 1.05 bits per heavy atom. The minimum Gasteiger partial charge on any atom is -0.503 e. The van der Waals surface area contributed by atoms with Crippen molar-refractivity contribution in [2.45, 2.75) is 32.7 Å². The van der Waals surface area contributed by atoms with E-state index in [1.807, 2.05) is 37.3 Å². The van der Waals surface area contributed by atoms with E-state index in [0.29, 0.717) is 52.3 Å². The van der Waals surface area contributed by atoms with Crippen LogP contribution in [0.5, 0.6) is 17.2 Å². The number of anilines is 1. The number of hydrogen-bond donors (Lipinski definition) is 1. The number of methoxy groups -OCH3 is 1. The number of ether oxygens (including phenoxy) is 3. The fourth-order valence-corrected chi connectivity index (χ4v) is 6.15. The van der Waals surface area contributed by atoms with E-state index in [-0.39, 0.29) is 11.3 Å². The van der Waals surface area contributed by atoms with Gasteiger partial charge in [-0.15, -0.1) is 0 Å². The van der Waals surface area contributed by atoms with Crippen LogP contribution in [0.25, 0.3) is 21.2 Å². The number of rotatable bonds is 11. The number of amides is 1. The van der Waals surface area contributed by atoms with Gasteiger partial charge >= 0.3 is 0 Å². The molecule has 0 saturated carbocycles. The lowest BCUT2D eigenvalue weighted by Crippen LogP contribution is -2.31. The summed E-state index contributed by atoms with van der Waals surface area (Å²) in [5, 5.41) is 12.3. The Kier molecular flexibility index (Phi) is 7.77. The maximum atomic E-state index is 14.0. The second kappa shape index (κ2) is 11.8. The molecule has 0 spiro atoms. The molecule has 3 aromatic carbocycles. The highest BCUT2D eigenvalue weighted by Crippen LogP contribution is 2.46. The van der Waals surface area contributed by atoms with Gasteiger partial charge in [0, 0.05) is 5.39 Å². The summed E-state index contributed by atoms with van der Waals surface area (Å²) in [6, 6.07) is 18.5. The highest BCUT2D eigenvalue weighted by Gasteiger charge is 2.47. The molecule has 3 heterocycles. The molecule has 1 N–H and O–H groups in total. The van der Waals surface area contributed by atoms with Gasteiger partial charge in [0.15, 0.2) is 28.1 Å². The normalized spacial score (nSPS) is 15.1. The van der Waals surface area contributed by atoms with Crippen LogP contribution in [0.2, 0.25) is 0 Å². The molecule has 1 aliphatic heterocycles. The summed E-state index contributed by atoms with van der Waals surface area (Å²) < 4.78 is 23.8. The third-order valence-electron chi connectivity index (χ3n) is 7.23. The number of aliphatic hydroxyl groups is 1. The summed E-state index contributed by atoms with van der Waals surface area (Å²) in [5.41, 5.74) is 1.60. The van der Waals surface area contributed by atoms with E-state index in [1.54, 1.807) is 36.4 Å². The van der Waals surface area contributed by atoms with Crippen molar-refractivity contribution in [2.24, 2.45) is 0 Å². The number of aliphatic hydroxyl groups excluding tert-OH is 1. The molecule has 0 aliphatic carbocycles. The summed E-state index contributed by atoms with van der Waals surface area (Å²) in [7, 11) is 1.53. The second-order valence-electron chi connectivity index (χ2n) is 9.99. The molecule has 0 unspecified atom stereocenters. The van der Waals surface area contributed by atoms with E-state index in [2.05, 4.69) is 6.92 Å². The molecule has 2 aromatic heterocycles. The third kappa shape index (κ3) is 5.18. The Bertz CT molecular complexity index is 1840. The van der Waals surface area contributed by atoms with E-state index in [1.165, 1.54) is 23.3 Å². The maximum Gasteiger partial charge on any atom is 0.296 e. The monoisotopic (exact) mass is 598 g/mol. The van der Waals surface area contributed by atoms with E-state index in [9.17, 15) is 14.7 Å². The van der Waals surface area contributed by atoms with E-state index >= 15 is 0 Å². The van der Waals surface area contributed by atoms with E-state index in [4.69, 9.17) is 23.6 Å². The predicted molar refractivity (Wildman–Crippen MR) is 165 cm³/mol. The average molecular weight is 599 g/mol. The Morgan fingerprint density at radius 3 is 2.65 bits per heavy atom. The number of Topliss-reactive ketones (excluding diaryl/α,β-unsaturated/α-hetero) is 1. The smallest absolute Gasteiger partial charge is 0.296 e. The number of carbonyl (C=O) groups is 2. The summed E-state index contributed by atoms with van der Waals surface area (Å²) in [6.07, 6.45) is 1.86. The summed E-state index contributed by atoms with van der Waals surface area (Å²) >= 11 is 1.26. The topological polar surface area (TPSA) is 111 Å². The highest BCUT2D eigenvalue weighted by molar-refractivity contribution is 7.22. The number of carbonyl (C=O) groups excluding carboxylic acids is 2. The molecule has 1 amide bonds. The van der Waals surface area contributed by atoms with Gasteiger partial charge in [-0.1, -0.05) is 48.9 Å². The first-order valence-electron chi connectivity index (χ1n) is 14.1. The van der Waals surface area contributed by atoms with Gasteiger partial charge in [-0.05, 0) is 61.4 Å². The molecule has 5 aromatic rings. The van der Waals surface area contributed by atoms with E-state index in [0.717, 1.165) is 22.9 Å². The van der Waals surface area contributed by atoms with Crippen LogP contribution in [0.15, 0.2) is 82.5 Å². The van der Waals surface area contributed by atoms with Crippen molar-refractivity contribution in [3.63, 3.8) is 0 Å². The Morgan fingerprint density at radius 2 is 1.88 bits per heavy atom. The lowest BCUT2D eigenvalue weighted by Gasteiger charge is -2.25. The Hall–Kier alpha value is -4.83. The zero-order valence-electron chi connectivity index (χ0n) is 24.0. The van der Waals surface area contributed by atoms with Crippen molar-refractivity contribution in [1.29, 1.82) is 0 Å². The van der Waals surface area contributed by atoms with Crippen LogP contribution in [-0.2, 0) is 4.79 Å². The number of furan rings is 1. The van der Waals surface area contributed by atoms with Crippen molar-refractivity contribution >= 4 is 49.3 Å². The van der Waals surface area contributed by atoms with Crippen molar-refractivity contribution in [3.05, 3.63) is 89.4 Å². The summed E-state index contributed by atoms with van der Waals surface area (Å²) in [6.45, 7) is 5.01. The van der Waals surface area contributed by atoms with Crippen LogP contribution in [0.3, 0.4) is 0 Å². The molecule has 0 bridgehead atoms. The van der Waals surface area contributed by atoms with Crippen molar-refractivity contribution in [2.75, 3.05) is 25.2 Å². The van der Waals surface area contributed by atoms with Gasteiger partial charge in [0.25, 0.3) is 5.91 Å². The molecule has 6 rings (SSSR count). The molecular weight excluding hydrogens is 568 g/mol. The lowest BCUT2D eigenvalue weighted by molar-refractivity contribution is -0.117. The van der Waals surface area contributed by atoms with Crippen LogP contribution < -0.4 is 19.1 Å². The number of fused-ring (bicyclic) bond motifs is 2. The van der Waals surface area contributed by atoms with Gasteiger partial charge in [-0.25, -0.2) is 4.98 Å². The molecule has 1 atom stereocenters. The van der Waals surface area contributed by atoms with Crippen molar-refractivity contribution in [3.8, 4) is 17.2 Å². The summed E-state index contributed by atoms with van der Waals surface area (Å²) in [4.78, 5) is 33.9. The molecule has 220 valence electrons. The molecule has 9 nitrogen and oxygen atoms in total. The van der Waals surface area contributed by atoms with Gasteiger partial charge in [-0.2, -0.15) is 0 Å². The minimum atomic E-state index is -1.02. The SMILES string of the molecule is CCCCOc1ccc([C@@H]2C(C(=O)c3cc4ccccc4o3)=C(O)C(=O)N2c2nc3ccc(OCC)cc3s2)cc1OC. The standard InChI is InChI=1S/C33H30N2O7S/c1-4-6-15-41-24-14-11-20(17-25(24)39-3)29-28(30(36)26-16-19-9-7-8-10-23(19)42-26)31(37)32(38)35(29)33-34-22-13-12-21(40-5-2)18-27(22)43-33/h7-14,16-18,29,37H,4-6,15H2,1-3H3/t29-/m1/s1. The van der Waals surface area contributed by atoms with E-state index < -0.39 is 23.5 Å². The molecule has 0 fully saturated rings. The lowest BCUT2D eigenvalue weighted by atomic mass is 9.95. The largest absolute Gasteiger partial charge is 0.503 e. The number of aromatic nitrogens is 1. The zero-order valence-corrected chi connectivity index (χ0v) is 24.8. The van der Waals surface area contributed by atoms with Crippen LogP contribution in [0.1, 0.15) is 48.8 Å². The Labute approximate surface area is 251 Å². The van der Waals surface area contributed by atoms with Gasteiger partial charge in [-0.3, -0.25) is 14.5 Å². The quantitative estimate of drug-likeness (QED) is 0.124. The zero-order chi connectivity index (χ0) is 30.1. The van der Waals surface area contributed by atoms with Crippen LogP contribution >= 0.6 is 11.3 Å². The average Bonchev–Trinajstić information content (AvgIpc) is 3.71. The van der Waals surface area contributed by atoms with Gasteiger partial charge in [0.1, 0.15) is 11.3 Å². The first-order valence-corrected chi connectivity index (χ1v) is 14.9. The first kappa shape index (κ1) is 28.3. The van der Waals surface area contributed by atoms with Crippen LogP contribution in [-0.4, -0.2) is 42.1 Å². The molecule has 0 saturated heterocycles. The minimum absolute atomic E-state index is 0.0135. The van der Waals surface area contributed by atoms with Crippen LogP contribution in [0.4, 0.5) is 5.13 Å². The third-order valence-corrected chi connectivity index (χ3v) is 8.24. The summed E-state index contributed by atoms with van der Waals surface area (Å²) in [5.74, 6) is -0.329. The molecule has 43 heavy (non-hydrogen) atoms. The number of hydrogen-bond acceptors (Lipinski definition) is 9. The van der Waals surface area contributed by atoms with Gasteiger partial charge in [0.2, 0.25) is 5.78 Å². The number of thiazole rings is 1. The molecule has 1 aliphatic rings. The van der Waals surface area contributed by atoms with Gasteiger partial charge < -0.3 is 23.7 Å². The number of nitrogens with zero attached hydrogens (tertiary/aromatic N) is 2. The molecule has 10 heteroatoms. The number of ketones is 1. The maximum absolute atomic E-state index is 14.0. The number of benzene rings is 3. The van der Waals surface area contributed by atoms with Gasteiger partial charge in [0.05, 0.1) is 42.2 Å². The highest BCUT2D eigenvalue weighted by atomic mass is 32.1. The fourth-order valence-electron chi connectivity index (χ4n) is 5.13. The molecule has 0 radical (unpaired) electrons. The van der Waals surface area contributed by atoms with Crippen LogP contribution in [0, 0.1) is 0 Å². The Balaban J connectivity index is 1.47. The number of unbranched alkanes of at least 4 members (excludes halogenated alkanes) is 1.